The minimum absolute atomic E-state index is 0.0400. The highest BCUT2D eigenvalue weighted by Crippen LogP contribution is 2.27. The van der Waals surface area contributed by atoms with Gasteiger partial charge in [0.05, 0.1) is 29.9 Å². The zero-order valence-corrected chi connectivity index (χ0v) is 15.3. The standard InChI is InChI=1S/C20H18F2N4O2/c1-11-3-6-17-15(19(11)22)9-26(20(28)25-17)10-18(27)24-12(2)14-5-4-13(8-23)7-16(14)21/h3-7,12H,9-10H2,1-2H3,(H,24,27)(H,25,28)/t12-/m1/s1. The number of aryl methyl sites for hydroxylation is 1. The van der Waals surface area contributed by atoms with Gasteiger partial charge in [-0.1, -0.05) is 12.1 Å². The Morgan fingerprint density at radius 3 is 2.79 bits per heavy atom. The Morgan fingerprint density at radius 2 is 2.11 bits per heavy atom. The summed E-state index contributed by atoms with van der Waals surface area (Å²) in [4.78, 5) is 25.7. The van der Waals surface area contributed by atoms with Gasteiger partial charge in [-0.25, -0.2) is 13.6 Å². The van der Waals surface area contributed by atoms with Crippen molar-refractivity contribution in [2.24, 2.45) is 0 Å². The van der Waals surface area contributed by atoms with E-state index in [0.29, 0.717) is 16.8 Å². The Hall–Kier alpha value is -3.47. The minimum Gasteiger partial charge on any atom is -0.348 e. The smallest absolute Gasteiger partial charge is 0.322 e. The number of nitrogens with zero attached hydrogens (tertiary/aromatic N) is 2. The fourth-order valence-corrected chi connectivity index (χ4v) is 3.08. The van der Waals surface area contributed by atoms with Crippen LogP contribution >= 0.6 is 0 Å². The van der Waals surface area contributed by atoms with Gasteiger partial charge in [0, 0.05) is 11.1 Å². The van der Waals surface area contributed by atoms with Crippen molar-refractivity contribution in [3.8, 4) is 6.07 Å². The Labute approximate surface area is 160 Å². The fourth-order valence-electron chi connectivity index (χ4n) is 3.08. The summed E-state index contributed by atoms with van der Waals surface area (Å²) in [7, 11) is 0. The maximum atomic E-state index is 14.3. The number of hydrogen-bond donors (Lipinski definition) is 2. The van der Waals surface area contributed by atoms with Gasteiger partial charge < -0.3 is 15.5 Å². The van der Waals surface area contributed by atoms with Crippen LogP contribution < -0.4 is 10.6 Å². The molecule has 0 saturated carbocycles. The Bertz CT molecular complexity index is 1000. The number of fused-ring (bicyclic) bond motifs is 1. The number of halogens is 2. The van der Waals surface area contributed by atoms with Gasteiger partial charge in [-0.2, -0.15) is 5.26 Å². The van der Waals surface area contributed by atoms with E-state index < -0.39 is 29.6 Å². The molecule has 2 aromatic carbocycles. The summed E-state index contributed by atoms with van der Waals surface area (Å²) in [6.45, 7) is 2.87. The molecular formula is C20H18F2N4O2. The van der Waals surface area contributed by atoms with E-state index in [-0.39, 0.29) is 24.2 Å². The van der Waals surface area contributed by atoms with Crippen LogP contribution in [0.4, 0.5) is 19.3 Å². The van der Waals surface area contributed by atoms with Crippen LogP contribution in [0, 0.1) is 29.9 Å². The van der Waals surface area contributed by atoms with Crippen LogP contribution in [0.25, 0.3) is 0 Å². The van der Waals surface area contributed by atoms with Gasteiger partial charge in [-0.15, -0.1) is 0 Å². The third-order valence-electron chi connectivity index (χ3n) is 4.62. The van der Waals surface area contributed by atoms with Gasteiger partial charge in [0.2, 0.25) is 5.91 Å². The summed E-state index contributed by atoms with van der Waals surface area (Å²) in [5.41, 5.74) is 1.56. The van der Waals surface area contributed by atoms with E-state index in [1.165, 1.54) is 17.0 Å². The molecule has 0 radical (unpaired) electrons. The van der Waals surface area contributed by atoms with Crippen LogP contribution in [-0.2, 0) is 11.3 Å². The summed E-state index contributed by atoms with van der Waals surface area (Å²) in [5, 5.41) is 14.0. The lowest BCUT2D eigenvalue weighted by molar-refractivity contribution is -0.122. The van der Waals surface area contributed by atoms with E-state index in [0.717, 1.165) is 6.07 Å². The summed E-state index contributed by atoms with van der Waals surface area (Å²) in [6, 6.07) is 7.85. The highest BCUT2D eigenvalue weighted by atomic mass is 19.1. The number of hydrogen-bond acceptors (Lipinski definition) is 3. The lowest BCUT2D eigenvalue weighted by Gasteiger charge is -2.30. The van der Waals surface area contributed by atoms with E-state index in [1.54, 1.807) is 26.0 Å². The first-order chi connectivity index (χ1) is 13.3. The summed E-state index contributed by atoms with van der Waals surface area (Å²) < 4.78 is 28.4. The molecule has 0 unspecified atom stereocenters. The van der Waals surface area contributed by atoms with Crippen molar-refractivity contribution in [1.29, 1.82) is 5.26 Å². The molecule has 0 spiro atoms. The van der Waals surface area contributed by atoms with E-state index in [9.17, 15) is 18.4 Å². The molecule has 1 atom stereocenters. The first-order valence-corrected chi connectivity index (χ1v) is 8.63. The topological polar surface area (TPSA) is 85.2 Å². The van der Waals surface area contributed by atoms with Gasteiger partial charge in [-0.3, -0.25) is 4.79 Å². The lowest BCUT2D eigenvalue weighted by atomic mass is 10.0. The fraction of sp³-hybridized carbons (Fsp3) is 0.250. The van der Waals surface area contributed by atoms with E-state index >= 15 is 0 Å². The highest BCUT2D eigenvalue weighted by Gasteiger charge is 2.27. The molecule has 3 rings (SSSR count). The number of anilines is 1. The van der Waals surface area contributed by atoms with Gasteiger partial charge >= 0.3 is 6.03 Å². The van der Waals surface area contributed by atoms with Gasteiger partial charge in [0.25, 0.3) is 0 Å². The number of carbonyl (C=O) groups excluding carboxylic acids is 2. The van der Waals surface area contributed by atoms with Crippen molar-refractivity contribution < 1.29 is 18.4 Å². The third-order valence-corrected chi connectivity index (χ3v) is 4.62. The monoisotopic (exact) mass is 384 g/mol. The number of carbonyl (C=O) groups is 2. The molecule has 0 aromatic heterocycles. The number of rotatable bonds is 4. The molecular weight excluding hydrogens is 366 g/mol. The normalized spacial score (nSPS) is 14.0. The molecule has 1 heterocycles. The first-order valence-electron chi connectivity index (χ1n) is 8.63. The van der Waals surface area contributed by atoms with Crippen LogP contribution in [0.3, 0.4) is 0 Å². The SMILES string of the molecule is Cc1ccc2c(c1F)CN(CC(=O)N[C@H](C)c1ccc(C#N)cc1F)C(=O)N2. The molecule has 0 aliphatic carbocycles. The summed E-state index contributed by atoms with van der Waals surface area (Å²) in [6.07, 6.45) is 0. The van der Waals surface area contributed by atoms with Crippen LogP contribution in [0.5, 0.6) is 0 Å². The molecule has 144 valence electrons. The largest absolute Gasteiger partial charge is 0.348 e. The predicted octanol–water partition coefficient (Wildman–Crippen LogP) is 3.37. The second-order valence-electron chi connectivity index (χ2n) is 6.65. The number of nitriles is 1. The van der Waals surface area contributed by atoms with Gasteiger partial charge in [0.15, 0.2) is 0 Å². The van der Waals surface area contributed by atoms with Crippen molar-refractivity contribution in [3.05, 3.63) is 64.2 Å². The van der Waals surface area contributed by atoms with Crippen molar-refractivity contribution in [1.82, 2.24) is 10.2 Å². The Balaban J connectivity index is 1.68. The number of urea groups is 1. The Morgan fingerprint density at radius 1 is 1.36 bits per heavy atom. The molecule has 0 fully saturated rings. The maximum Gasteiger partial charge on any atom is 0.322 e. The summed E-state index contributed by atoms with van der Waals surface area (Å²) in [5.74, 6) is -1.53. The molecule has 1 aliphatic rings. The van der Waals surface area contributed by atoms with Crippen molar-refractivity contribution >= 4 is 17.6 Å². The van der Waals surface area contributed by atoms with Gasteiger partial charge in [0.1, 0.15) is 18.2 Å². The molecule has 2 N–H and O–H groups in total. The molecule has 0 bridgehead atoms. The van der Waals surface area contributed by atoms with Crippen LogP contribution in [0.1, 0.15) is 35.2 Å². The molecule has 6 nitrogen and oxygen atoms in total. The van der Waals surface area contributed by atoms with Crippen molar-refractivity contribution in [2.45, 2.75) is 26.4 Å². The first kappa shape index (κ1) is 19.3. The average Bonchev–Trinajstić information content (AvgIpc) is 2.65. The van der Waals surface area contributed by atoms with Crippen molar-refractivity contribution in [2.75, 3.05) is 11.9 Å². The maximum absolute atomic E-state index is 14.3. The number of amides is 3. The molecule has 0 saturated heterocycles. The number of nitrogens with one attached hydrogen (secondary N) is 2. The molecule has 1 aliphatic heterocycles. The predicted molar refractivity (Wildman–Crippen MR) is 98.2 cm³/mol. The minimum atomic E-state index is -0.667. The molecule has 2 aromatic rings. The quantitative estimate of drug-likeness (QED) is 0.848. The zero-order chi connectivity index (χ0) is 20.4. The highest BCUT2D eigenvalue weighted by molar-refractivity contribution is 5.95. The van der Waals surface area contributed by atoms with E-state index in [2.05, 4.69) is 10.6 Å². The van der Waals surface area contributed by atoms with Crippen LogP contribution in [-0.4, -0.2) is 23.4 Å². The Kier molecular flexibility index (Phi) is 5.27. The second kappa shape index (κ2) is 7.64. The lowest BCUT2D eigenvalue weighted by Crippen LogP contribution is -2.45. The van der Waals surface area contributed by atoms with E-state index in [1.807, 2.05) is 6.07 Å². The van der Waals surface area contributed by atoms with E-state index in [4.69, 9.17) is 5.26 Å². The van der Waals surface area contributed by atoms with Crippen LogP contribution in [0.15, 0.2) is 30.3 Å². The molecule has 28 heavy (non-hydrogen) atoms. The average molecular weight is 384 g/mol. The van der Waals surface area contributed by atoms with Crippen LogP contribution in [0.2, 0.25) is 0 Å². The molecule has 3 amide bonds. The van der Waals surface area contributed by atoms with Gasteiger partial charge in [-0.05, 0) is 37.6 Å². The number of benzene rings is 2. The summed E-state index contributed by atoms with van der Waals surface area (Å²) >= 11 is 0. The third kappa shape index (κ3) is 3.78. The zero-order valence-electron chi connectivity index (χ0n) is 15.3. The second-order valence-corrected chi connectivity index (χ2v) is 6.65. The molecule has 8 heteroatoms. The van der Waals surface area contributed by atoms with Crippen molar-refractivity contribution in [3.63, 3.8) is 0 Å².